The summed E-state index contributed by atoms with van der Waals surface area (Å²) in [6.07, 6.45) is 2.96. The maximum absolute atomic E-state index is 10.5. The Bertz CT molecular complexity index is 496. The van der Waals surface area contributed by atoms with Crippen LogP contribution in [0.3, 0.4) is 0 Å². The summed E-state index contributed by atoms with van der Waals surface area (Å²) < 4.78 is 5.67. The topological polar surface area (TPSA) is 69.2 Å². The van der Waals surface area contributed by atoms with Crippen LogP contribution in [0.2, 0.25) is 0 Å². The molecule has 1 heterocycles. The van der Waals surface area contributed by atoms with Gasteiger partial charge in [0.25, 0.3) is 5.69 Å². The second-order valence-corrected chi connectivity index (χ2v) is 3.61. The van der Waals surface area contributed by atoms with Crippen LogP contribution in [0.25, 0.3) is 11.5 Å². The molecule has 15 heavy (non-hydrogen) atoms. The van der Waals surface area contributed by atoms with Crippen LogP contribution in [0.4, 0.5) is 5.69 Å². The Morgan fingerprint density at radius 2 is 2.27 bits per heavy atom. The van der Waals surface area contributed by atoms with E-state index in [2.05, 4.69) is 20.9 Å². The van der Waals surface area contributed by atoms with Crippen molar-refractivity contribution in [2.45, 2.75) is 0 Å². The number of nitro benzene ring substituents is 1. The van der Waals surface area contributed by atoms with E-state index in [1.54, 1.807) is 6.07 Å². The Labute approximate surface area is 93.0 Å². The number of aromatic nitrogens is 1. The average Bonchev–Trinajstić information content (AvgIpc) is 2.70. The van der Waals surface area contributed by atoms with Crippen molar-refractivity contribution in [3.63, 3.8) is 0 Å². The van der Waals surface area contributed by atoms with Gasteiger partial charge in [0.1, 0.15) is 6.26 Å². The van der Waals surface area contributed by atoms with Gasteiger partial charge in [0.05, 0.1) is 16.7 Å². The first-order valence-corrected chi connectivity index (χ1v) is 4.81. The molecule has 0 radical (unpaired) electrons. The normalized spacial score (nSPS) is 10.2. The van der Waals surface area contributed by atoms with Gasteiger partial charge in [-0.2, -0.15) is 0 Å². The molecule has 0 aliphatic rings. The highest BCUT2D eigenvalue weighted by molar-refractivity contribution is 9.10. The van der Waals surface area contributed by atoms with E-state index in [0.717, 1.165) is 0 Å². The molecule has 0 aliphatic carbocycles. The number of rotatable bonds is 2. The summed E-state index contributed by atoms with van der Waals surface area (Å²) >= 11 is 3.23. The van der Waals surface area contributed by atoms with Crippen molar-refractivity contribution in [3.05, 3.63) is 45.2 Å². The quantitative estimate of drug-likeness (QED) is 0.620. The molecule has 76 valence electrons. The van der Waals surface area contributed by atoms with Crippen LogP contribution in [0.5, 0.6) is 0 Å². The Hall–Kier alpha value is -1.69. The molecule has 2 aromatic rings. The van der Waals surface area contributed by atoms with Crippen molar-refractivity contribution in [3.8, 4) is 11.5 Å². The maximum atomic E-state index is 10.5. The zero-order chi connectivity index (χ0) is 10.8. The number of hydrogen-bond donors (Lipinski definition) is 0. The summed E-state index contributed by atoms with van der Waals surface area (Å²) in [5.41, 5.74) is 0.711. The molecule has 5 nitrogen and oxygen atoms in total. The lowest BCUT2D eigenvalue weighted by Crippen LogP contribution is -1.88. The minimum Gasteiger partial charge on any atom is -0.444 e. The van der Waals surface area contributed by atoms with Gasteiger partial charge in [-0.25, -0.2) is 4.98 Å². The molecule has 0 saturated carbocycles. The highest BCUT2D eigenvalue weighted by Crippen LogP contribution is 2.30. The smallest absolute Gasteiger partial charge is 0.270 e. The summed E-state index contributed by atoms with van der Waals surface area (Å²) in [6.45, 7) is 0. The first-order valence-electron chi connectivity index (χ1n) is 4.02. The molecule has 0 atom stereocenters. The van der Waals surface area contributed by atoms with Gasteiger partial charge < -0.3 is 4.42 Å². The van der Waals surface area contributed by atoms with E-state index in [4.69, 9.17) is 4.42 Å². The number of nitrogens with zero attached hydrogens (tertiary/aromatic N) is 2. The van der Waals surface area contributed by atoms with Crippen molar-refractivity contribution in [1.82, 2.24) is 4.98 Å². The number of oxazole rings is 1. The monoisotopic (exact) mass is 268 g/mol. The number of benzene rings is 1. The van der Waals surface area contributed by atoms with Crippen LogP contribution in [0, 0.1) is 10.1 Å². The fourth-order valence-corrected chi connectivity index (χ4v) is 1.68. The van der Waals surface area contributed by atoms with Crippen molar-refractivity contribution in [1.29, 1.82) is 0 Å². The van der Waals surface area contributed by atoms with Crippen LogP contribution >= 0.6 is 15.9 Å². The SMILES string of the molecule is O=[N+]([O-])c1ccc(-c2ncco2)c(Br)c1. The predicted octanol–water partition coefficient (Wildman–Crippen LogP) is 3.01. The Kier molecular flexibility index (Phi) is 2.51. The fraction of sp³-hybridized carbons (Fsp3) is 0. The van der Waals surface area contributed by atoms with Crippen LogP contribution < -0.4 is 0 Å². The Morgan fingerprint density at radius 1 is 1.47 bits per heavy atom. The molecule has 0 amide bonds. The standard InChI is InChI=1S/C9H5BrN2O3/c10-8-5-6(12(13)14)1-2-7(8)9-11-3-4-15-9/h1-5H. The summed E-state index contributed by atoms with van der Waals surface area (Å²) in [5, 5.41) is 10.5. The average molecular weight is 269 g/mol. The third-order valence-corrected chi connectivity index (χ3v) is 2.48. The van der Waals surface area contributed by atoms with Crippen LogP contribution in [0.15, 0.2) is 39.5 Å². The van der Waals surface area contributed by atoms with Crippen LogP contribution in [-0.4, -0.2) is 9.91 Å². The van der Waals surface area contributed by atoms with Crippen molar-refractivity contribution >= 4 is 21.6 Å². The molecule has 0 unspecified atom stereocenters. The molecule has 2 rings (SSSR count). The third-order valence-electron chi connectivity index (χ3n) is 1.83. The van der Waals surface area contributed by atoms with E-state index in [9.17, 15) is 10.1 Å². The van der Waals surface area contributed by atoms with E-state index >= 15 is 0 Å². The van der Waals surface area contributed by atoms with Crippen LogP contribution in [-0.2, 0) is 0 Å². The maximum Gasteiger partial charge on any atom is 0.270 e. The van der Waals surface area contributed by atoms with Gasteiger partial charge in [-0.15, -0.1) is 0 Å². The largest absolute Gasteiger partial charge is 0.444 e. The van der Waals surface area contributed by atoms with Gasteiger partial charge in [0.2, 0.25) is 5.89 Å². The predicted molar refractivity (Wildman–Crippen MR) is 56.3 cm³/mol. The molecule has 1 aromatic heterocycles. The van der Waals surface area contributed by atoms with Crippen molar-refractivity contribution in [2.24, 2.45) is 0 Å². The van der Waals surface area contributed by atoms with Crippen LogP contribution in [0.1, 0.15) is 0 Å². The minimum absolute atomic E-state index is 0.0252. The highest BCUT2D eigenvalue weighted by Gasteiger charge is 2.12. The molecule has 0 spiro atoms. The lowest BCUT2D eigenvalue weighted by Gasteiger charge is -1.99. The van der Waals surface area contributed by atoms with Gasteiger partial charge in [-0.3, -0.25) is 10.1 Å². The summed E-state index contributed by atoms with van der Waals surface area (Å²) in [6, 6.07) is 4.41. The van der Waals surface area contributed by atoms with E-state index < -0.39 is 4.92 Å². The second-order valence-electron chi connectivity index (χ2n) is 2.76. The molecular weight excluding hydrogens is 264 g/mol. The lowest BCUT2D eigenvalue weighted by molar-refractivity contribution is -0.384. The molecular formula is C9H5BrN2O3. The van der Waals surface area contributed by atoms with Gasteiger partial charge in [-0.05, 0) is 22.0 Å². The molecule has 0 fully saturated rings. The number of non-ortho nitro benzene ring substituents is 1. The van der Waals surface area contributed by atoms with Gasteiger partial charge >= 0.3 is 0 Å². The number of halogens is 1. The zero-order valence-electron chi connectivity index (χ0n) is 7.38. The lowest BCUT2D eigenvalue weighted by atomic mass is 10.2. The summed E-state index contributed by atoms with van der Waals surface area (Å²) in [5.74, 6) is 0.428. The molecule has 0 bridgehead atoms. The van der Waals surface area contributed by atoms with Gasteiger partial charge in [0.15, 0.2) is 0 Å². The van der Waals surface area contributed by atoms with E-state index in [-0.39, 0.29) is 5.69 Å². The van der Waals surface area contributed by atoms with E-state index in [1.807, 2.05) is 0 Å². The molecule has 6 heteroatoms. The molecule has 0 saturated heterocycles. The van der Waals surface area contributed by atoms with E-state index in [1.165, 1.54) is 24.6 Å². The minimum atomic E-state index is -0.454. The first kappa shape index (κ1) is 9.85. The fourth-order valence-electron chi connectivity index (χ4n) is 1.15. The van der Waals surface area contributed by atoms with Gasteiger partial charge in [-0.1, -0.05) is 0 Å². The summed E-state index contributed by atoms with van der Waals surface area (Å²) in [4.78, 5) is 14.0. The third kappa shape index (κ3) is 1.89. The highest BCUT2D eigenvalue weighted by atomic mass is 79.9. The Balaban J connectivity index is 2.48. The van der Waals surface area contributed by atoms with E-state index in [0.29, 0.717) is 15.9 Å². The molecule has 1 aromatic carbocycles. The molecule has 0 aliphatic heterocycles. The number of hydrogen-bond acceptors (Lipinski definition) is 4. The van der Waals surface area contributed by atoms with Gasteiger partial charge in [0, 0.05) is 16.6 Å². The zero-order valence-corrected chi connectivity index (χ0v) is 8.97. The summed E-state index contributed by atoms with van der Waals surface area (Å²) in [7, 11) is 0. The first-order chi connectivity index (χ1) is 7.18. The second kappa shape index (κ2) is 3.82. The van der Waals surface area contributed by atoms with Crippen molar-refractivity contribution in [2.75, 3.05) is 0 Å². The molecule has 0 N–H and O–H groups in total. The Morgan fingerprint density at radius 3 is 2.80 bits per heavy atom. The van der Waals surface area contributed by atoms with Crippen molar-refractivity contribution < 1.29 is 9.34 Å². The number of nitro groups is 1.